The third-order valence-corrected chi connectivity index (χ3v) is 4.64. The summed E-state index contributed by atoms with van der Waals surface area (Å²) in [5, 5.41) is 3.18. The monoisotopic (exact) mass is 366 g/mol. The molecule has 0 unspecified atom stereocenters. The maximum absolute atomic E-state index is 12.0. The van der Waals surface area contributed by atoms with Crippen LogP contribution in [0, 0.1) is 5.41 Å². The van der Waals surface area contributed by atoms with Crippen LogP contribution in [-0.4, -0.2) is 33.7 Å². The van der Waals surface area contributed by atoms with E-state index in [1.54, 1.807) is 39.0 Å². The highest BCUT2D eigenvalue weighted by molar-refractivity contribution is 7.92. The van der Waals surface area contributed by atoms with Crippen molar-refractivity contribution in [1.29, 1.82) is 0 Å². The minimum atomic E-state index is -3.58. The van der Waals surface area contributed by atoms with E-state index in [4.69, 9.17) is 23.2 Å². The van der Waals surface area contributed by atoms with Crippen LogP contribution in [0.2, 0.25) is 10.0 Å². The van der Waals surface area contributed by atoms with Gasteiger partial charge in [-0.1, -0.05) is 50.0 Å². The molecule has 0 fully saturated rings. The van der Waals surface area contributed by atoms with Crippen molar-refractivity contribution in [3.8, 4) is 0 Å². The van der Waals surface area contributed by atoms with Gasteiger partial charge in [-0.2, -0.15) is 0 Å². The second-order valence-corrected chi connectivity index (χ2v) is 8.63. The van der Waals surface area contributed by atoms with Gasteiger partial charge >= 0.3 is 0 Å². The summed E-state index contributed by atoms with van der Waals surface area (Å²) >= 11 is 12.1. The van der Waals surface area contributed by atoms with Crippen molar-refractivity contribution >= 4 is 44.8 Å². The summed E-state index contributed by atoms with van der Waals surface area (Å²) in [6.07, 6.45) is 1.07. The van der Waals surface area contributed by atoms with E-state index >= 15 is 0 Å². The maximum Gasteiger partial charge on any atom is 0.232 e. The number of anilines is 1. The number of hydrogen-bond acceptors (Lipinski definition) is 3. The molecule has 0 aliphatic carbocycles. The first-order valence-electron chi connectivity index (χ1n) is 6.64. The van der Waals surface area contributed by atoms with Gasteiger partial charge in [0.2, 0.25) is 15.9 Å². The number of nitrogens with zero attached hydrogens (tertiary/aromatic N) is 1. The molecule has 124 valence electrons. The molecule has 0 aliphatic rings. The summed E-state index contributed by atoms with van der Waals surface area (Å²) in [5.74, 6) is -0.161. The molecule has 1 amide bonds. The van der Waals surface area contributed by atoms with Crippen molar-refractivity contribution in [1.82, 2.24) is 5.32 Å². The molecule has 0 atom stereocenters. The molecular weight excluding hydrogens is 347 g/mol. The number of carbonyl (C=O) groups excluding carboxylic acids is 1. The van der Waals surface area contributed by atoms with E-state index in [0.29, 0.717) is 0 Å². The molecule has 22 heavy (non-hydrogen) atoms. The second-order valence-electron chi connectivity index (χ2n) is 5.91. The number of sulfonamides is 1. The molecule has 0 radical (unpaired) electrons. The number of halogens is 2. The summed E-state index contributed by atoms with van der Waals surface area (Å²) < 4.78 is 25.1. The van der Waals surface area contributed by atoms with Crippen LogP contribution in [0.4, 0.5) is 5.69 Å². The standard InChI is InChI=1S/C14H20Cl2N2O3S/c1-14(2,3)13(19)17-8-9-18(22(4,20)21)12-10(15)6-5-7-11(12)16/h5-7H,8-9H2,1-4H3,(H,17,19). The van der Waals surface area contributed by atoms with Crippen molar-refractivity contribution in [3.05, 3.63) is 28.2 Å². The average molecular weight is 367 g/mol. The molecule has 0 aromatic heterocycles. The second kappa shape index (κ2) is 7.06. The fraction of sp³-hybridized carbons (Fsp3) is 0.500. The Bertz CT molecular complexity index is 634. The Morgan fingerprint density at radius 3 is 2.14 bits per heavy atom. The van der Waals surface area contributed by atoms with Crippen molar-refractivity contribution in [3.63, 3.8) is 0 Å². The predicted octanol–water partition coefficient (Wildman–Crippen LogP) is 2.92. The van der Waals surface area contributed by atoms with Crippen molar-refractivity contribution in [2.45, 2.75) is 20.8 Å². The molecule has 1 rings (SSSR count). The Hall–Kier alpha value is -0.980. The quantitative estimate of drug-likeness (QED) is 0.870. The number of rotatable bonds is 5. The van der Waals surface area contributed by atoms with Gasteiger partial charge in [-0.25, -0.2) is 8.42 Å². The molecule has 0 spiro atoms. The third-order valence-electron chi connectivity index (χ3n) is 2.87. The molecule has 0 saturated heterocycles. The van der Waals surface area contributed by atoms with Crippen molar-refractivity contribution in [2.24, 2.45) is 5.41 Å². The first-order chi connectivity index (χ1) is 9.94. The Kier molecular flexibility index (Phi) is 6.12. The molecule has 8 heteroatoms. The Morgan fingerprint density at radius 2 is 1.73 bits per heavy atom. The van der Waals surface area contributed by atoms with E-state index < -0.39 is 15.4 Å². The SMILES string of the molecule is CC(C)(C)C(=O)NCCN(c1c(Cl)cccc1Cl)S(C)(=O)=O. The van der Waals surface area contributed by atoms with Crippen LogP contribution in [0.1, 0.15) is 20.8 Å². The molecule has 0 heterocycles. The van der Waals surface area contributed by atoms with Crippen LogP contribution in [0.5, 0.6) is 0 Å². The molecule has 1 aromatic carbocycles. The zero-order valence-corrected chi connectivity index (χ0v) is 15.3. The summed E-state index contributed by atoms with van der Waals surface area (Å²) in [6, 6.07) is 4.76. The number of benzene rings is 1. The van der Waals surface area contributed by atoms with Crippen LogP contribution in [0.15, 0.2) is 18.2 Å². The number of carbonyl (C=O) groups is 1. The number of nitrogens with one attached hydrogen (secondary N) is 1. The fourth-order valence-electron chi connectivity index (χ4n) is 1.71. The molecule has 1 aromatic rings. The van der Waals surface area contributed by atoms with E-state index in [2.05, 4.69) is 5.32 Å². The Labute approximate surface area is 141 Å². The average Bonchev–Trinajstić information content (AvgIpc) is 2.33. The lowest BCUT2D eigenvalue weighted by molar-refractivity contribution is -0.128. The van der Waals surface area contributed by atoms with E-state index in [9.17, 15) is 13.2 Å². The van der Waals surface area contributed by atoms with Crippen LogP contribution >= 0.6 is 23.2 Å². The highest BCUT2D eigenvalue weighted by Gasteiger charge is 2.24. The Balaban J connectivity index is 2.96. The number of para-hydroxylation sites is 1. The lowest BCUT2D eigenvalue weighted by atomic mass is 9.96. The molecule has 0 bridgehead atoms. The highest BCUT2D eigenvalue weighted by atomic mass is 35.5. The van der Waals surface area contributed by atoms with Gasteiger partial charge in [0.25, 0.3) is 0 Å². The van der Waals surface area contributed by atoms with E-state index in [-0.39, 0.29) is 34.7 Å². The first kappa shape index (κ1) is 19.1. The lowest BCUT2D eigenvalue weighted by Gasteiger charge is -2.25. The number of amides is 1. The molecule has 0 aliphatic heterocycles. The van der Waals surface area contributed by atoms with E-state index in [0.717, 1.165) is 10.6 Å². The van der Waals surface area contributed by atoms with Crippen molar-refractivity contribution in [2.75, 3.05) is 23.7 Å². The number of hydrogen-bond donors (Lipinski definition) is 1. The molecule has 1 N–H and O–H groups in total. The Morgan fingerprint density at radius 1 is 1.23 bits per heavy atom. The van der Waals surface area contributed by atoms with Gasteiger partial charge in [0, 0.05) is 12.0 Å². The van der Waals surface area contributed by atoms with Gasteiger partial charge < -0.3 is 5.32 Å². The smallest absolute Gasteiger partial charge is 0.232 e. The predicted molar refractivity (Wildman–Crippen MR) is 91.1 cm³/mol. The maximum atomic E-state index is 12.0. The third kappa shape index (κ3) is 5.04. The van der Waals surface area contributed by atoms with Crippen LogP contribution in [-0.2, 0) is 14.8 Å². The molecule has 5 nitrogen and oxygen atoms in total. The van der Waals surface area contributed by atoms with Gasteiger partial charge in [-0.3, -0.25) is 9.10 Å². The first-order valence-corrected chi connectivity index (χ1v) is 9.25. The van der Waals surface area contributed by atoms with Gasteiger partial charge in [0.05, 0.1) is 28.5 Å². The minimum Gasteiger partial charge on any atom is -0.354 e. The van der Waals surface area contributed by atoms with E-state index in [1.165, 1.54) is 0 Å². The minimum absolute atomic E-state index is 0.0457. The topological polar surface area (TPSA) is 66.5 Å². The van der Waals surface area contributed by atoms with E-state index in [1.807, 2.05) is 0 Å². The molecule has 0 saturated carbocycles. The van der Waals surface area contributed by atoms with Crippen LogP contribution < -0.4 is 9.62 Å². The summed E-state index contributed by atoms with van der Waals surface area (Å²) in [5.41, 5.74) is -0.323. The van der Waals surface area contributed by atoms with Gasteiger partial charge in [-0.15, -0.1) is 0 Å². The van der Waals surface area contributed by atoms with Crippen LogP contribution in [0.3, 0.4) is 0 Å². The summed E-state index contributed by atoms with van der Waals surface area (Å²) in [7, 11) is -3.58. The largest absolute Gasteiger partial charge is 0.354 e. The lowest BCUT2D eigenvalue weighted by Crippen LogP contribution is -2.41. The zero-order valence-electron chi connectivity index (χ0n) is 13.0. The van der Waals surface area contributed by atoms with Gasteiger partial charge in [0.1, 0.15) is 0 Å². The van der Waals surface area contributed by atoms with Crippen LogP contribution in [0.25, 0.3) is 0 Å². The normalized spacial score (nSPS) is 12.1. The zero-order chi connectivity index (χ0) is 17.1. The molecular formula is C14H20Cl2N2O3S. The fourth-order valence-corrected chi connectivity index (χ4v) is 3.36. The van der Waals surface area contributed by atoms with Gasteiger partial charge in [0.15, 0.2) is 0 Å². The summed E-state index contributed by atoms with van der Waals surface area (Å²) in [4.78, 5) is 11.8. The summed E-state index contributed by atoms with van der Waals surface area (Å²) in [6.45, 7) is 5.54. The van der Waals surface area contributed by atoms with Gasteiger partial charge in [-0.05, 0) is 12.1 Å². The van der Waals surface area contributed by atoms with Crippen molar-refractivity contribution < 1.29 is 13.2 Å². The highest BCUT2D eigenvalue weighted by Crippen LogP contribution is 2.34.